The van der Waals surface area contributed by atoms with Crippen LogP contribution in [0.1, 0.15) is 0 Å². The molecule has 0 bridgehead atoms. The molecule has 0 aromatic heterocycles. The second-order valence-corrected chi connectivity index (χ2v) is 4.50. The van der Waals surface area contributed by atoms with Gasteiger partial charge in [0, 0.05) is 5.39 Å². The van der Waals surface area contributed by atoms with E-state index >= 15 is 0 Å². The first-order valence-electron chi connectivity index (χ1n) is 4.16. The number of phenolic OH excluding ortho intramolecular Hbond substituents is 1. The van der Waals surface area contributed by atoms with Crippen molar-refractivity contribution in [3.05, 3.63) is 36.4 Å². The Morgan fingerprint density at radius 3 is 2.38 bits per heavy atom. The van der Waals surface area contributed by atoms with E-state index in [9.17, 15) is 18.1 Å². The van der Waals surface area contributed by atoms with E-state index in [2.05, 4.69) is 0 Å². The predicted octanol–water partition coefficient (Wildman–Crippen LogP) is -1.55. The maximum Gasteiger partial charge on any atom is 1.00 e. The Morgan fingerprint density at radius 1 is 1.12 bits per heavy atom. The van der Waals surface area contributed by atoms with Gasteiger partial charge in [0.1, 0.15) is 15.9 Å². The van der Waals surface area contributed by atoms with Gasteiger partial charge in [-0.3, -0.25) is 0 Å². The minimum absolute atomic E-state index is 0. The fourth-order valence-electron chi connectivity index (χ4n) is 1.41. The fraction of sp³-hybridized carbons (Fsp3) is 0. The summed E-state index contributed by atoms with van der Waals surface area (Å²) >= 11 is 0. The average molecular weight is 230 g/mol. The number of benzene rings is 2. The summed E-state index contributed by atoms with van der Waals surface area (Å²) in [6.45, 7) is 0. The van der Waals surface area contributed by atoms with Crippen LogP contribution in [0.2, 0.25) is 0 Å². The van der Waals surface area contributed by atoms with E-state index in [1.807, 2.05) is 0 Å². The number of rotatable bonds is 1. The maximum absolute atomic E-state index is 10.8. The molecule has 6 heteroatoms. The van der Waals surface area contributed by atoms with Crippen molar-refractivity contribution in [3.63, 3.8) is 0 Å². The molecule has 1 N–H and O–H groups in total. The topological polar surface area (TPSA) is 77.4 Å². The third-order valence-electron chi connectivity index (χ3n) is 2.10. The van der Waals surface area contributed by atoms with E-state index < -0.39 is 15.0 Å². The molecule has 0 fully saturated rings. The molecule has 4 nitrogen and oxygen atoms in total. The van der Waals surface area contributed by atoms with Crippen LogP contribution >= 0.6 is 0 Å². The van der Waals surface area contributed by atoms with Gasteiger partial charge in [0.15, 0.2) is 0 Å². The molecule has 0 amide bonds. The minimum atomic E-state index is -4.53. The molecule has 0 heterocycles. The molecule has 78 valence electrons. The molecular formula is C10H7LiO4S. The van der Waals surface area contributed by atoms with Crippen molar-refractivity contribution in [2.75, 3.05) is 0 Å². The molecule has 0 aliphatic heterocycles. The molecule has 2 aromatic rings. The molecule has 0 saturated heterocycles. The molecule has 16 heavy (non-hydrogen) atoms. The standard InChI is InChI=1S/C10H8O4S.Li/c11-10-6-8(15(12,13)14)5-7-3-1-2-4-9(7)10;/h1-6,11H,(H,12,13,14);/q;+1/p-1. The second-order valence-electron chi connectivity index (χ2n) is 3.12. The number of aromatic hydroxyl groups is 1. The van der Waals surface area contributed by atoms with E-state index in [0.717, 1.165) is 6.07 Å². The zero-order valence-electron chi connectivity index (χ0n) is 8.54. The maximum atomic E-state index is 10.8. The predicted molar refractivity (Wildman–Crippen MR) is 53.6 cm³/mol. The Balaban J connectivity index is 0.00000128. The second kappa shape index (κ2) is 4.48. The van der Waals surface area contributed by atoms with E-state index in [4.69, 9.17) is 0 Å². The summed E-state index contributed by atoms with van der Waals surface area (Å²) in [6, 6.07) is 8.90. The van der Waals surface area contributed by atoms with Crippen LogP contribution in [0.5, 0.6) is 5.75 Å². The van der Waals surface area contributed by atoms with Crippen molar-refractivity contribution in [1.82, 2.24) is 0 Å². The summed E-state index contributed by atoms with van der Waals surface area (Å²) in [5.41, 5.74) is 0. The van der Waals surface area contributed by atoms with Crippen LogP contribution in [0.25, 0.3) is 10.8 Å². The minimum Gasteiger partial charge on any atom is -0.744 e. The van der Waals surface area contributed by atoms with Gasteiger partial charge in [-0.25, -0.2) is 8.42 Å². The summed E-state index contributed by atoms with van der Waals surface area (Å²) in [6.07, 6.45) is 0. The van der Waals surface area contributed by atoms with Crippen LogP contribution in [-0.2, 0) is 10.1 Å². The Bertz CT molecular complexity index is 622. The first-order chi connectivity index (χ1) is 6.98. The molecule has 0 unspecified atom stereocenters. The van der Waals surface area contributed by atoms with Crippen LogP contribution in [0, 0.1) is 0 Å². The van der Waals surface area contributed by atoms with Crippen molar-refractivity contribution in [3.8, 4) is 5.75 Å². The largest absolute Gasteiger partial charge is 1.00 e. The normalized spacial score (nSPS) is 11.1. The van der Waals surface area contributed by atoms with Gasteiger partial charge in [-0.05, 0) is 17.5 Å². The molecule has 0 spiro atoms. The zero-order valence-corrected chi connectivity index (χ0v) is 9.36. The molecule has 2 rings (SSSR count). The van der Waals surface area contributed by atoms with Gasteiger partial charge in [0.05, 0.1) is 4.90 Å². The summed E-state index contributed by atoms with van der Waals surface area (Å²) in [5, 5.41) is 10.6. The van der Waals surface area contributed by atoms with Crippen molar-refractivity contribution in [2.24, 2.45) is 0 Å². The molecule has 0 atom stereocenters. The third kappa shape index (κ3) is 2.39. The fourth-order valence-corrected chi connectivity index (χ4v) is 1.94. The van der Waals surface area contributed by atoms with Gasteiger partial charge in [0.25, 0.3) is 0 Å². The smallest absolute Gasteiger partial charge is 0.744 e. The molecule has 0 saturated carbocycles. The van der Waals surface area contributed by atoms with Crippen LogP contribution in [0.3, 0.4) is 0 Å². The van der Waals surface area contributed by atoms with Crippen LogP contribution in [0.4, 0.5) is 0 Å². The number of phenols is 1. The van der Waals surface area contributed by atoms with Crippen molar-refractivity contribution in [1.29, 1.82) is 0 Å². The van der Waals surface area contributed by atoms with Gasteiger partial charge < -0.3 is 9.66 Å². The Kier molecular flexibility index (Phi) is 3.66. The third-order valence-corrected chi connectivity index (χ3v) is 2.92. The van der Waals surface area contributed by atoms with E-state index in [-0.39, 0.29) is 24.6 Å². The molecular weight excluding hydrogens is 223 g/mol. The Morgan fingerprint density at radius 2 is 1.75 bits per heavy atom. The monoisotopic (exact) mass is 230 g/mol. The van der Waals surface area contributed by atoms with E-state index in [1.54, 1.807) is 24.3 Å². The molecule has 0 aliphatic carbocycles. The van der Waals surface area contributed by atoms with Crippen LogP contribution < -0.4 is 18.9 Å². The first kappa shape index (κ1) is 13.1. The summed E-state index contributed by atoms with van der Waals surface area (Å²) in [7, 11) is -4.53. The SMILES string of the molecule is O=S(=O)([O-])c1cc(O)c2ccccc2c1.[Li+]. The van der Waals surface area contributed by atoms with Gasteiger partial charge in [-0.1, -0.05) is 24.3 Å². The zero-order chi connectivity index (χ0) is 11.1. The average Bonchev–Trinajstić information content (AvgIpc) is 2.16. The summed E-state index contributed by atoms with van der Waals surface area (Å²) in [4.78, 5) is -0.418. The molecule has 2 aromatic carbocycles. The van der Waals surface area contributed by atoms with E-state index in [0.29, 0.717) is 10.8 Å². The molecule has 0 radical (unpaired) electrons. The number of hydrogen-bond donors (Lipinski definition) is 1. The summed E-state index contributed by atoms with van der Waals surface area (Å²) < 4.78 is 32.3. The van der Waals surface area contributed by atoms with Crippen molar-refractivity contribution in [2.45, 2.75) is 4.90 Å². The number of hydrogen-bond acceptors (Lipinski definition) is 4. The van der Waals surface area contributed by atoms with Gasteiger partial charge >= 0.3 is 18.9 Å². The Hall–Kier alpha value is -0.993. The van der Waals surface area contributed by atoms with Gasteiger partial charge in [0.2, 0.25) is 0 Å². The number of fused-ring (bicyclic) bond motifs is 1. The van der Waals surface area contributed by atoms with Crippen molar-refractivity contribution < 1.29 is 36.9 Å². The van der Waals surface area contributed by atoms with Gasteiger partial charge in [-0.2, -0.15) is 0 Å². The van der Waals surface area contributed by atoms with Gasteiger partial charge in [-0.15, -0.1) is 0 Å². The van der Waals surface area contributed by atoms with Crippen LogP contribution in [0.15, 0.2) is 41.3 Å². The molecule has 0 aliphatic rings. The van der Waals surface area contributed by atoms with Crippen LogP contribution in [-0.4, -0.2) is 18.1 Å². The Labute approximate surface area is 105 Å². The van der Waals surface area contributed by atoms with Crippen molar-refractivity contribution >= 4 is 20.9 Å². The summed E-state index contributed by atoms with van der Waals surface area (Å²) in [5.74, 6) is -0.206. The first-order valence-corrected chi connectivity index (χ1v) is 5.57. The van der Waals surface area contributed by atoms with E-state index in [1.165, 1.54) is 6.07 Å². The quantitative estimate of drug-likeness (QED) is 0.475.